The molecular formula is C14H17F2N3O. The van der Waals surface area contributed by atoms with Gasteiger partial charge in [-0.2, -0.15) is 0 Å². The minimum Gasteiger partial charge on any atom is -0.358 e. The number of amides is 1. The van der Waals surface area contributed by atoms with Crippen LogP contribution in [0.4, 0.5) is 8.78 Å². The second-order valence-corrected chi connectivity index (χ2v) is 4.88. The van der Waals surface area contributed by atoms with Crippen molar-refractivity contribution in [3.05, 3.63) is 35.0 Å². The molecule has 0 saturated carbocycles. The summed E-state index contributed by atoms with van der Waals surface area (Å²) in [5.74, 6) is -3.61. The Kier molecular flexibility index (Phi) is 3.76. The fourth-order valence-corrected chi connectivity index (χ4v) is 1.99. The number of H-pyrrole nitrogens is 1. The van der Waals surface area contributed by atoms with Crippen molar-refractivity contribution < 1.29 is 13.6 Å². The largest absolute Gasteiger partial charge is 0.358 e. The summed E-state index contributed by atoms with van der Waals surface area (Å²) >= 11 is 0. The van der Waals surface area contributed by atoms with E-state index in [1.165, 1.54) is 0 Å². The first kappa shape index (κ1) is 14.5. The van der Waals surface area contributed by atoms with Crippen molar-refractivity contribution in [3.8, 4) is 0 Å². The van der Waals surface area contributed by atoms with Gasteiger partial charge < -0.3 is 16.0 Å². The van der Waals surface area contributed by atoms with Crippen LogP contribution >= 0.6 is 0 Å². The van der Waals surface area contributed by atoms with Gasteiger partial charge in [-0.3, -0.25) is 4.79 Å². The molecule has 1 amide bonds. The third-order valence-electron chi connectivity index (χ3n) is 3.38. The lowest BCUT2D eigenvalue weighted by atomic mass is 10.1. The standard InChI is InChI=1S/C14H17F2N3O/c1-8-9(2)19-12-4-3-10(5-11(8)12)13(20)18-7-14(15,16)6-17/h3-5,19H,6-7,17H2,1-2H3,(H,18,20). The summed E-state index contributed by atoms with van der Waals surface area (Å²) in [5, 5.41) is 3.12. The first-order valence-corrected chi connectivity index (χ1v) is 6.29. The van der Waals surface area contributed by atoms with Gasteiger partial charge in [0.1, 0.15) is 0 Å². The van der Waals surface area contributed by atoms with Gasteiger partial charge in [-0.05, 0) is 37.6 Å². The van der Waals surface area contributed by atoms with E-state index in [0.717, 1.165) is 22.2 Å². The van der Waals surface area contributed by atoms with Crippen LogP contribution in [0.15, 0.2) is 18.2 Å². The van der Waals surface area contributed by atoms with Crippen LogP contribution in [-0.2, 0) is 0 Å². The monoisotopic (exact) mass is 281 g/mol. The van der Waals surface area contributed by atoms with Gasteiger partial charge in [0, 0.05) is 22.2 Å². The van der Waals surface area contributed by atoms with Crippen molar-refractivity contribution in [2.75, 3.05) is 13.1 Å². The van der Waals surface area contributed by atoms with E-state index in [9.17, 15) is 13.6 Å². The van der Waals surface area contributed by atoms with E-state index in [0.29, 0.717) is 5.56 Å². The number of alkyl halides is 2. The van der Waals surface area contributed by atoms with Crippen LogP contribution in [0.2, 0.25) is 0 Å². The van der Waals surface area contributed by atoms with Crippen LogP contribution in [-0.4, -0.2) is 29.9 Å². The summed E-state index contributed by atoms with van der Waals surface area (Å²) in [6, 6.07) is 5.07. The number of nitrogens with one attached hydrogen (secondary N) is 2. The molecule has 0 bridgehead atoms. The van der Waals surface area contributed by atoms with Gasteiger partial charge in [-0.15, -0.1) is 0 Å². The SMILES string of the molecule is Cc1[nH]c2ccc(C(=O)NCC(F)(F)CN)cc2c1C. The number of hydrogen-bond acceptors (Lipinski definition) is 2. The number of rotatable bonds is 4. The van der Waals surface area contributed by atoms with Crippen molar-refractivity contribution in [2.45, 2.75) is 19.8 Å². The molecule has 0 aliphatic rings. The molecule has 0 saturated heterocycles. The zero-order chi connectivity index (χ0) is 14.9. The van der Waals surface area contributed by atoms with E-state index in [4.69, 9.17) is 5.73 Å². The van der Waals surface area contributed by atoms with Crippen LogP contribution in [0.3, 0.4) is 0 Å². The Hall–Kier alpha value is -1.95. The Balaban J connectivity index is 2.20. The molecule has 0 fully saturated rings. The number of benzene rings is 1. The highest BCUT2D eigenvalue weighted by Crippen LogP contribution is 2.22. The van der Waals surface area contributed by atoms with Gasteiger partial charge in [0.25, 0.3) is 11.8 Å². The molecular weight excluding hydrogens is 264 g/mol. The summed E-state index contributed by atoms with van der Waals surface area (Å²) < 4.78 is 26.0. The molecule has 20 heavy (non-hydrogen) atoms. The second kappa shape index (κ2) is 5.20. The van der Waals surface area contributed by atoms with E-state index in [1.807, 2.05) is 13.8 Å². The number of hydrogen-bond donors (Lipinski definition) is 3. The minimum atomic E-state index is -3.08. The quantitative estimate of drug-likeness (QED) is 0.803. The number of aromatic nitrogens is 1. The third-order valence-corrected chi connectivity index (χ3v) is 3.38. The fraction of sp³-hybridized carbons (Fsp3) is 0.357. The maximum absolute atomic E-state index is 13.0. The van der Waals surface area contributed by atoms with E-state index >= 15 is 0 Å². The lowest BCUT2D eigenvalue weighted by molar-refractivity contribution is 0.0118. The molecule has 0 unspecified atom stereocenters. The molecule has 0 atom stereocenters. The highest BCUT2D eigenvalue weighted by molar-refractivity contribution is 5.99. The highest BCUT2D eigenvalue weighted by atomic mass is 19.3. The second-order valence-electron chi connectivity index (χ2n) is 4.88. The summed E-state index contributed by atoms with van der Waals surface area (Å²) in [7, 11) is 0. The number of carbonyl (C=O) groups excluding carboxylic acids is 1. The predicted octanol–water partition coefficient (Wildman–Crippen LogP) is 2.11. The Morgan fingerprint density at radius 2 is 2.10 bits per heavy atom. The van der Waals surface area contributed by atoms with Crippen LogP contribution < -0.4 is 11.1 Å². The van der Waals surface area contributed by atoms with Gasteiger partial charge in [-0.25, -0.2) is 8.78 Å². The van der Waals surface area contributed by atoms with Gasteiger partial charge >= 0.3 is 0 Å². The topological polar surface area (TPSA) is 70.9 Å². The number of aromatic amines is 1. The van der Waals surface area contributed by atoms with Gasteiger partial charge in [0.05, 0.1) is 13.1 Å². The van der Waals surface area contributed by atoms with Gasteiger partial charge in [0.15, 0.2) is 0 Å². The first-order valence-electron chi connectivity index (χ1n) is 6.29. The molecule has 1 aromatic carbocycles. The maximum Gasteiger partial charge on any atom is 0.277 e. The Labute approximate surface area is 115 Å². The van der Waals surface area contributed by atoms with Gasteiger partial charge in [-0.1, -0.05) is 0 Å². The summed E-state index contributed by atoms with van der Waals surface area (Å²) in [4.78, 5) is 15.1. The Morgan fingerprint density at radius 3 is 2.75 bits per heavy atom. The summed E-state index contributed by atoms with van der Waals surface area (Å²) in [6.45, 7) is 2.34. The lowest BCUT2D eigenvalue weighted by Gasteiger charge is -2.14. The van der Waals surface area contributed by atoms with Crippen LogP contribution in [0.1, 0.15) is 21.6 Å². The molecule has 0 spiro atoms. The predicted molar refractivity (Wildman–Crippen MR) is 74.1 cm³/mol. The number of halogens is 2. The zero-order valence-corrected chi connectivity index (χ0v) is 11.4. The van der Waals surface area contributed by atoms with E-state index in [-0.39, 0.29) is 0 Å². The molecule has 0 radical (unpaired) electrons. The van der Waals surface area contributed by atoms with Crippen molar-refractivity contribution in [1.82, 2.24) is 10.3 Å². The molecule has 2 rings (SSSR count). The molecule has 108 valence electrons. The lowest BCUT2D eigenvalue weighted by Crippen LogP contribution is -2.41. The molecule has 1 aromatic heterocycles. The Bertz CT molecular complexity index is 649. The summed E-state index contributed by atoms with van der Waals surface area (Å²) in [6.07, 6.45) is 0. The van der Waals surface area contributed by atoms with E-state index < -0.39 is 24.9 Å². The van der Waals surface area contributed by atoms with Crippen LogP contribution in [0, 0.1) is 13.8 Å². The molecule has 4 nitrogen and oxygen atoms in total. The van der Waals surface area contributed by atoms with E-state index in [1.54, 1.807) is 18.2 Å². The van der Waals surface area contributed by atoms with Crippen LogP contribution in [0.5, 0.6) is 0 Å². The molecule has 0 aliphatic heterocycles. The van der Waals surface area contributed by atoms with Crippen molar-refractivity contribution in [3.63, 3.8) is 0 Å². The number of carbonyl (C=O) groups is 1. The Morgan fingerprint density at radius 1 is 1.40 bits per heavy atom. The molecule has 2 aromatic rings. The van der Waals surface area contributed by atoms with E-state index in [2.05, 4.69) is 10.3 Å². The van der Waals surface area contributed by atoms with Crippen molar-refractivity contribution >= 4 is 16.8 Å². The normalized spacial score (nSPS) is 11.8. The summed E-state index contributed by atoms with van der Waals surface area (Å²) in [5.41, 5.74) is 8.26. The van der Waals surface area contributed by atoms with Gasteiger partial charge in [0.2, 0.25) is 0 Å². The number of nitrogens with two attached hydrogens (primary N) is 1. The average Bonchev–Trinajstić information content (AvgIpc) is 2.71. The molecule has 0 aliphatic carbocycles. The third kappa shape index (κ3) is 2.80. The van der Waals surface area contributed by atoms with Crippen molar-refractivity contribution in [2.24, 2.45) is 5.73 Å². The molecule has 6 heteroatoms. The smallest absolute Gasteiger partial charge is 0.277 e. The minimum absolute atomic E-state index is 0.354. The number of fused-ring (bicyclic) bond motifs is 1. The average molecular weight is 281 g/mol. The van der Waals surface area contributed by atoms with Crippen molar-refractivity contribution in [1.29, 1.82) is 0 Å². The first-order chi connectivity index (χ1) is 9.34. The zero-order valence-electron chi connectivity index (χ0n) is 11.4. The number of aryl methyl sites for hydroxylation is 2. The van der Waals surface area contributed by atoms with Crippen LogP contribution in [0.25, 0.3) is 10.9 Å². The maximum atomic E-state index is 13.0. The fourth-order valence-electron chi connectivity index (χ4n) is 1.99. The molecule has 1 heterocycles. The molecule has 4 N–H and O–H groups in total. The highest BCUT2D eigenvalue weighted by Gasteiger charge is 2.27.